The summed E-state index contributed by atoms with van der Waals surface area (Å²) in [6.07, 6.45) is 4.76. The van der Waals surface area contributed by atoms with Gasteiger partial charge < -0.3 is 10.6 Å². The van der Waals surface area contributed by atoms with E-state index in [4.69, 9.17) is 5.73 Å². The third-order valence-electron chi connectivity index (χ3n) is 4.05. The second-order valence-electron chi connectivity index (χ2n) is 5.58. The zero-order chi connectivity index (χ0) is 14.7. The lowest BCUT2D eigenvalue weighted by Gasteiger charge is -2.32. The van der Waals surface area contributed by atoms with Crippen molar-refractivity contribution in [1.82, 2.24) is 14.9 Å². The smallest absolute Gasteiger partial charge is 0.274 e. The molecule has 1 aliphatic rings. The zero-order valence-corrected chi connectivity index (χ0v) is 12.0. The zero-order valence-electron chi connectivity index (χ0n) is 12.0. The van der Waals surface area contributed by atoms with E-state index in [1.54, 1.807) is 6.20 Å². The number of rotatable bonds is 3. The summed E-state index contributed by atoms with van der Waals surface area (Å²) in [5, 5.41) is 0. The van der Waals surface area contributed by atoms with Crippen LogP contribution in [0, 0.1) is 5.92 Å². The SMILES string of the molecule is NCCC1CCCN(C(=O)c2cnc3ccccc3n2)C1. The van der Waals surface area contributed by atoms with Gasteiger partial charge in [-0.2, -0.15) is 0 Å². The minimum atomic E-state index is -0.0185. The van der Waals surface area contributed by atoms with Crippen molar-refractivity contribution >= 4 is 16.9 Å². The van der Waals surface area contributed by atoms with Crippen molar-refractivity contribution in [2.45, 2.75) is 19.3 Å². The van der Waals surface area contributed by atoms with Crippen molar-refractivity contribution in [2.75, 3.05) is 19.6 Å². The molecule has 2 heterocycles. The Hall–Kier alpha value is -2.01. The Bertz CT molecular complexity index is 641. The quantitative estimate of drug-likeness (QED) is 0.933. The van der Waals surface area contributed by atoms with Crippen LogP contribution in [0.1, 0.15) is 29.8 Å². The summed E-state index contributed by atoms with van der Waals surface area (Å²) >= 11 is 0. The lowest BCUT2D eigenvalue weighted by Crippen LogP contribution is -2.40. The number of fused-ring (bicyclic) bond motifs is 1. The largest absolute Gasteiger partial charge is 0.337 e. The van der Waals surface area contributed by atoms with Crippen LogP contribution < -0.4 is 5.73 Å². The summed E-state index contributed by atoms with van der Waals surface area (Å²) in [5.41, 5.74) is 7.64. The van der Waals surface area contributed by atoms with Gasteiger partial charge in [-0.3, -0.25) is 9.78 Å². The highest BCUT2D eigenvalue weighted by atomic mass is 16.2. The summed E-state index contributed by atoms with van der Waals surface area (Å²) in [5.74, 6) is 0.496. The van der Waals surface area contributed by atoms with Gasteiger partial charge in [0.25, 0.3) is 5.91 Å². The fourth-order valence-corrected chi connectivity index (χ4v) is 2.94. The Kier molecular flexibility index (Phi) is 4.10. The molecular weight excluding hydrogens is 264 g/mol. The molecule has 1 aromatic carbocycles. The van der Waals surface area contributed by atoms with Gasteiger partial charge in [0.05, 0.1) is 17.2 Å². The van der Waals surface area contributed by atoms with Gasteiger partial charge in [-0.25, -0.2) is 4.98 Å². The molecule has 3 rings (SSSR count). The van der Waals surface area contributed by atoms with E-state index in [0.717, 1.165) is 43.4 Å². The molecule has 1 amide bonds. The van der Waals surface area contributed by atoms with Gasteiger partial charge in [0.2, 0.25) is 0 Å². The van der Waals surface area contributed by atoms with Crippen LogP contribution in [0.3, 0.4) is 0 Å². The van der Waals surface area contributed by atoms with Crippen LogP contribution in [-0.2, 0) is 0 Å². The van der Waals surface area contributed by atoms with Gasteiger partial charge in [-0.1, -0.05) is 12.1 Å². The summed E-state index contributed by atoms with van der Waals surface area (Å²) in [7, 11) is 0. The molecule has 0 aliphatic carbocycles. The Morgan fingerprint density at radius 2 is 2.14 bits per heavy atom. The molecule has 1 aliphatic heterocycles. The minimum Gasteiger partial charge on any atom is -0.337 e. The molecule has 5 heteroatoms. The van der Waals surface area contributed by atoms with Gasteiger partial charge in [-0.15, -0.1) is 0 Å². The van der Waals surface area contributed by atoms with Crippen LogP contribution in [0.15, 0.2) is 30.5 Å². The number of carbonyl (C=O) groups excluding carboxylic acids is 1. The maximum absolute atomic E-state index is 12.6. The molecule has 110 valence electrons. The topological polar surface area (TPSA) is 72.1 Å². The Labute approximate surface area is 124 Å². The standard InChI is InChI=1S/C16H20N4O/c17-8-7-12-4-3-9-20(11-12)16(21)15-10-18-13-5-1-2-6-14(13)19-15/h1-2,5-6,10,12H,3-4,7-9,11,17H2. The number of aromatic nitrogens is 2. The average Bonchev–Trinajstić information content (AvgIpc) is 2.54. The lowest BCUT2D eigenvalue weighted by atomic mass is 9.95. The fourth-order valence-electron chi connectivity index (χ4n) is 2.94. The van der Waals surface area contributed by atoms with Gasteiger partial charge in [0.15, 0.2) is 0 Å². The first-order chi connectivity index (χ1) is 10.3. The van der Waals surface area contributed by atoms with Crippen LogP contribution in [0.25, 0.3) is 11.0 Å². The molecule has 1 unspecified atom stereocenters. The summed E-state index contributed by atoms with van der Waals surface area (Å²) in [6, 6.07) is 7.60. The van der Waals surface area contributed by atoms with Crippen LogP contribution in [0.4, 0.5) is 0 Å². The molecule has 1 aromatic heterocycles. The van der Waals surface area contributed by atoms with Gasteiger partial charge >= 0.3 is 0 Å². The van der Waals surface area contributed by atoms with E-state index in [0.29, 0.717) is 18.2 Å². The van der Waals surface area contributed by atoms with Crippen molar-refractivity contribution in [3.8, 4) is 0 Å². The fraction of sp³-hybridized carbons (Fsp3) is 0.438. The predicted molar refractivity (Wildman–Crippen MR) is 81.8 cm³/mol. The molecule has 5 nitrogen and oxygen atoms in total. The first kappa shape index (κ1) is 13.9. The van der Waals surface area contributed by atoms with E-state index in [2.05, 4.69) is 9.97 Å². The number of nitrogens with zero attached hydrogens (tertiary/aromatic N) is 3. The molecule has 21 heavy (non-hydrogen) atoms. The monoisotopic (exact) mass is 284 g/mol. The molecule has 2 aromatic rings. The number of benzene rings is 1. The number of likely N-dealkylation sites (tertiary alicyclic amines) is 1. The lowest BCUT2D eigenvalue weighted by molar-refractivity contribution is 0.0663. The minimum absolute atomic E-state index is 0.0185. The van der Waals surface area contributed by atoms with E-state index in [9.17, 15) is 4.79 Å². The number of carbonyl (C=O) groups is 1. The van der Waals surface area contributed by atoms with Crippen LogP contribution >= 0.6 is 0 Å². The van der Waals surface area contributed by atoms with E-state index in [1.165, 1.54) is 0 Å². The number of para-hydroxylation sites is 2. The van der Waals surface area contributed by atoms with E-state index in [1.807, 2.05) is 29.2 Å². The second kappa shape index (κ2) is 6.18. The summed E-state index contributed by atoms with van der Waals surface area (Å²) in [6.45, 7) is 2.27. The van der Waals surface area contributed by atoms with Crippen molar-refractivity contribution < 1.29 is 4.79 Å². The molecule has 1 atom stereocenters. The van der Waals surface area contributed by atoms with Crippen LogP contribution in [-0.4, -0.2) is 40.4 Å². The number of nitrogens with two attached hydrogens (primary N) is 1. The van der Waals surface area contributed by atoms with Crippen molar-refractivity contribution in [3.05, 3.63) is 36.2 Å². The molecule has 2 N–H and O–H groups in total. The predicted octanol–water partition coefficient (Wildman–Crippen LogP) is 1.83. The normalized spacial score (nSPS) is 18.9. The van der Waals surface area contributed by atoms with Crippen molar-refractivity contribution in [2.24, 2.45) is 11.7 Å². The third kappa shape index (κ3) is 3.03. The van der Waals surface area contributed by atoms with Gasteiger partial charge in [-0.05, 0) is 43.9 Å². The van der Waals surface area contributed by atoms with Crippen molar-refractivity contribution in [1.29, 1.82) is 0 Å². The Morgan fingerprint density at radius 3 is 2.95 bits per heavy atom. The molecular formula is C16H20N4O. The highest BCUT2D eigenvalue weighted by Gasteiger charge is 2.25. The molecule has 1 fully saturated rings. The maximum atomic E-state index is 12.6. The van der Waals surface area contributed by atoms with Crippen LogP contribution in [0.5, 0.6) is 0 Å². The second-order valence-corrected chi connectivity index (χ2v) is 5.58. The summed E-state index contributed by atoms with van der Waals surface area (Å²) < 4.78 is 0. The molecule has 0 spiro atoms. The maximum Gasteiger partial charge on any atom is 0.274 e. The molecule has 0 saturated carbocycles. The number of hydrogen-bond acceptors (Lipinski definition) is 4. The highest BCUT2D eigenvalue weighted by Crippen LogP contribution is 2.20. The Morgan fingerprint density at radius 1 is 1.33 bits per heavy atom. The molecule has 0 bridgehead atoms. The average molecular weight is 284 g/mol. The Balaban J connectivity index is 1.79. The first-order valence-electron chi connectivity index (χ1n) is 7.49. The third-order valence-corrected chi connectivity index (χ3v) is 4.05. The first-order valence-corrected chi connectivity index (χ1v) is 7.49. The summed E-state index contributed by atoms with van der Waals surface area (Å²) in [4.78, 5) is 23.2. The van der Waals surface area contributed by atoms with Crippen LogP contribution in [0.2, 0.25) is 0 Å². The van der Waals surface area contributed by atoms with Gasteiger partial charge in [0.1, 0.15) is 5.69 Å². The highest BCUT2D eigenvalue weighted by molar-refractivity contribution is 5.93. The number of piperidine rings is 1. The number of hydrogen-bond donors (Lipinski definition) is 1. The van der Waals surface area contributed by atoms with Gasteiger partial charge in [0, 0.05) is 13.1 Å². The van der Waals surface area contributed by atoms with Crippen molar-refractivity contribution in [3.63, 3.8) is 0 Å². The van der Waals surface area contributed by atoms with E-state index < -0.39 is 0 Å². The molecule has 1 saturated heterocycles. The van der Waals surface area contributed by atoms with E-state index >= 15 is 0 Å². The number of amides is 1. The molecule has 0 radical (unpaired) electrons. The van der Waals surface area contributed by atoms with E-state index in [-0.39, 0.29) is 5.91 Å².